The molecule has 3 nitrogen and oxygen atoms in total. The topological polar surface area (TPSA) is 49.3 Å². The van der Waals surface area contributed by atoms with Crippen LogP contribution in [-0.2, 0) is 0 Å². The van der Waals surface area contributed by atoms with Crippen molar-refractivity contribution in [3.8, 4) is 0 Å². The Kier molecular flexibility index (Phi) is 3.44. The molecule has 0 radical (unpaired) electrons. The Bertz CT molecular complexity index is 370. The van der Waals surface area contributed by atoms with E-state index in [-0.39, 0.29) is 0 Å². The van der Waals surface area contributed by atoms with E-state index >= 15 is 0 Å². The first kappa shape index (κ1) is 11.0. The molecule has 1 saturated carbocycles. The molecule has 1 fully saturated rings. The van der Waals surface area contributed by atoms with Gasteiger partial charge in [-0.2, -0.15) is 0 Å². The van der Waals surface area contributed by atoms with E-state index in [1.54, 1.807) is 0 Å². The second kappa shape index (κ2) is 5.01. The Morgan fingerprint density at radius 2 is 1.88 bits per heavy atom. The Morgan fingerprint density at radius 1 is 1.19 bits per heavy atom. The highest BCUT2D eigenvalue weighted by molar-refractivity contribution is 5.84. The lowest BCUT2D eigenvalue weighted by molar-refractivity contribution is 0.209. The van der Waals surface area contributed by atoms with Crippen LogP contribution >= 0.6 is 0 Å². The van der Waals surface area contributed by atoms with E-state index in [2.05, 4.69) is 5.32 Å². The van der Waals surface area contributed by atoms with Gasteiger partial charge in [0, 0.05) is 5.69 Å². The van der Waals surface area contributed by atoms with Gasteiger partial charge in [0.05, 0.1) is 0 Å². The van der Waals surface area contributed by atoms with Gasteiger partial charge in [-0.1, -0.05) is 37.5 Å². The summed E-state index contributed by atoms with van der Waals surface area (Å²) in [6.45, 7) is 0. The molecule has 1 aromatic carbocycles. The molecular formula is C13H17NO2. The summed E-state index contributed by atoms with van der Waals surface area (Å²) < 4.78 is 0. The maximum Gasteiger partial charge on any atom is 0.409 e. The Morgan fingerprint density at radius 3 is 2.56 bits per heavy atom. The van der Waals surface area contributed by atoms with Gasteiger partial charge >= 0.3 is 6.09 Å². The fourth-order valence-corrected chi connectivity index (χ4v) is 2.50. The SMILES string of the molecule is O=C(O)Nc1ccccc1C1CCCCC1. The van der Waals surface area contributed by atoms with Crippen LogP contribution in [0, 0.1) is 0 Å². The van der Waals surface area contributed by atoms with Crippen molar-refractivity contribution in [1.29, 1.82) is 0 Å². The number of benzene rings is 1. The highest BCUT2D eigenvalue weighted by Crippen LogP contribution is 2.36. The number of carboxylic acid groups (broad SMARTS) is 1. The highest BCUT2D eigenvalue weighted by atomic mass is 16.4. The van der Waals surface area contributed by atoms with Crippen LogP contribution in [-0.4, -0.2) is 11.2 Å². The van der Waals surface area contributed by atoms with Crippen molar-refractivity contribution in [2.24, 2.45) is 0 Å². The summed E-state index contributed by atoms with van der Waals surface area (Å²) in [4.78, 5) is 10.7. The number of rotatable bonds is 2. The van der Waals surface area contributed by atoms with Crippen molar-refractivity contribution in [2.75, 3.05) is 5.32 Å². The van der Waals surface area contributed by atoms with Crippen molar-refractivity contribution in [2.45, 2.75) is 38.0 Å². The summed E-state index contributed by atoms with van der Waals surface area (Å²) >= 11 is 0. The van der Waals surface area contributed by atoms with Crippen LogP contribution in [0.25, 0.3) is 0 Å². The van der Waals surface area contributed by atoms with Crippen molar-refractivity contribution in [1.82, 2.24) is 0 Å². The third-order valence-electron chi connectivity index (χ3n) is 3.25. The normalized spacial score (nSPS) is 17.0. The molecule has 1 aliphatic rings. The molecule has 0 unspecified atom stereocenters. The predicted octanol–water partition coefficient (Wildman–Crippen LogP) is 3.82. The van der Waals surface area contributed by atoms with Gasteiger partial charge in [0.25, 0.3) is 0 Å². The van der Waals surface area contributed by atoms with E-state index in [1.807, 2.05) is 24.3 Å². The second-order valence-corrected chi connectivity index (χ2v) is 4.35. The highest BCUT2D eigenvalue weighted by Gasteiger charge is 2.18. The largest absolute Gasteiger partial charge is 0.465 e. The average Bonchev–Trinajstić information content (AvgIpc) is 2.30. The molecule has 1 aliphatic carbocycles. The molecule has 0 atom stereocenters. The van der Waals surface area contributed by atoms with Crippen molar-refractivity contribution in [3.63, 3.8) is 0 Å². The average molecular weight is 219 g/mol. The maximum atomic E-state index is 10.7. The molecule has 3 heteroatoms. The minimum atomic E-state index is -0.983. The number of para-hydroxylation sites is 1. The van der Waals surface area contributed by atoms with E-state index in [0.717, 1.165) is 11.3 Å². The number of nitrogens with one attached hydrogen (secondary N) is 1. The smallest absolute Gasteiger partial charge is 0.409 e. The van der Waals surface area contributed by atoms with E-state index in [0.29, 0.717) is 5.92 Å². The number of anilines is 1. The number of carbonyl (C=O) groups is 1. The van der Waals surface area contributed by atoms with E-state index in [9.17, 15) is 4.79 Å². The lowest BCUT2D eigenvalue weighted by Crippen LogP contribution is -2.12. The van der Waals surface area contributed by atoms with Crippen LogP contribution in [0.2, 0.25) is 0 Å². The molecule has 0 aromatic heterocycles. The second-order valence-electron chi connectivity index (χ2n) is 4.35. The van der Waals surface area contributed by atoms with Gasteiger partial charge < -0.3 is 5.11 Å². The molecule has 2 rings (SSSR count). The third kappa shape index (κ3) is 2.54. The van der Waals surface area contributed by atoms with Crippen molar-refractivity contribution >= 4 is 11.8 Å². The van der Waals surface area contributed by atoms with Gasteiger partial charge in [0.2, 0.25) is 0 Å². The molecule has 0 saturated heterocycles. The van der Waals surface area contributed by atoms with Crippen molar-refractivity contribution in [3.05, 3.63) is 29.8 Å². The summed E-state index contributed by atoms with van der Waals surface area (Å²) in [5, 5.41) is 11.3. The van der Waals surface area contributed by atoms with Gasteiger partial charge in [-0.05, 0) is 30.4 Å². The van der Waals surface area contributed by atoms with Crippen LogP contribution in [0.5, 0.6) is 0 Å². The third-order valence-corrected chi connectivity index (χ3v) is 3.25. The molecule has 1 amide bonds. The monoisotopic (exact) mass is 219 g/mol. The lowest BCUT2D eigenvalue weighted by Gasteiger charge is -2.24. The van der Waals surface area contributed by atoms with Crippen LogP contribution in [0.15, 0.2) is 24.3 Å². The zero-order chi connectivity index (χ0) is 11.4. The molecular weight excluding hydrogens is 202 g/mol. The van der Waals surface area contributed by atoms with Crippen LogP contribution in [0.4, 0.5) is 10.5 Å². The molecule has 86 valence electrons. The quantitative estimate of drug-likeness (QED) is 0.794. The summed E-state index contributed by atoms with van der Waals surface area (Å²) in [7, 11) is 0. The summed E-state index contributed by atoms with van der Waals surface area (Å²) in [6.07, 6.45) is 5.20. The van der Waals surface area contributed by atoms with Crippen LogP contribution in [0.3, 0.4) is 0 Å². The molecule has 0 bridgehead atoms. The Labute approximate surface area is 95.5 Å². The molecule has 0 heterocycles. The fourth-order valence-electron chi connectivity index (χ4n) is 2.50. The predicted molar refractivity (Wildman–Crippen MR) is 63.9 cm³/mol. The number of amides is 1. The number of hydrogen-bond acceptors (Lipinski definition) is 1. The van der Waals surface area contributed by atoms with Gasteiger partial charge in [0.15, 0.2) is 0 Å². The maximum absolute atomic E-state index is 10.7. The van der Waals surface area contributed by atoms with E-state index < -0.39 is 6.09 Å². The van der Waals surface area contributed by atoms with E-state index in [4.69, 9.17) is 5.11 Å². The van der Waals surface area contributed by atoms with Gasteiger partial charge in [-0.3, -0.25) is 5.32 Å². The van der Waals surface area contributed by atoms with Gasteiger partial charge in [0.1, 0.15) is 0 Å². The van der Waals surface area contributed by atoms with Crippen LogP contribution in [0.1, 0.15) is 43.6 Å². The molecule has 2 N–H and O–H groups in total. The zero-order valence-electron chi connectivity index (χ0n) is 9.28. The van der Waals surface area contributed by atoms with Crippen LogP contribution < -0.4 is 5.32 Å². The Hall–Kier alpha value is -1.51. The van der Waals surface area contributed by atoms with Gasteiger partial charge in [-0.25, -0.2) is 4.79 Å². The zero-order valence-corrected chi connectivity index (χ0v) is 9.28. The van der Waals surface area contributed by atoms with E-state index in [1.165, 1.54) is 32.1 Å². The molecule has 0 aliphatic heterocycles. The fraction of sp³-hybridized carbons (Fsp3) is 0.462. The number of hydrogen-bond donors (Lipinski definition) is 2. The van der Waals surface area contributed by atoms with Gasteiger partial charge in [-0.15, -0.1) is 0 Å². The molecule has 1 aromatic rings. The lowest BCUT2D eigenvalue weighted by atomic mass is 9.83. The first-order chi connectivity index (χ1) is 7.77. The minimum Gasteiger partial charge on any atom is -0.465 e. The summed E-state index contributed by atoms with van der Waals surface area (Å²) in [5.41, 5.74) is 1.91. The minimum absolute atomic E-state index is 0.525. The standard InChI is InChI=1S/C13H17NO2/c15-13(16)14-12-9-5-4-8-11(12)10-6-2-1-3-7-10/h4-5,8-10,14H,1-3,6-7H2,(H,15,16). The Balaban J connectivity index is 2.20. The summed E-state index contributed by atoms with van der Waals surface area (Å²) in [6, 6.07) is 7.74. The summed E-state index contributed by atoms with van der Waals surface area (Å²) in [5.74, 6) is 0.525. The molecule has 16 heavy (non-hydrogen) atoms. The molecule has 0 spiro atoms. The van der Waals surface area contributed by atoms with Crippen molar-refractivity contribution < 1.29 is 9.90 Å². The first-order valence-electron chi connectivity index (χ1n) is 5.86. The first-order valence-corrected chi connectivity index (χ1v) is 5.86.